The second kappa shape index (κ2) is 6.50. The monoisotopic (exact) mass is 228 g/mol. The molecule has 1 rings (SSSR count). The van der Waals surface area contributed by atoms with Gasteiger partial charge in [-0.3, -0.25) is 0 Å². The van der Waals surface area contributed by atoms with Gasteiger partial charge in [0.05, 0.1) is 13.2 Å². The molecule has 0 atom stereocenters. The Morgan fingerprint density at radius 1 is 1.56 bits per heavy atom. The number of aliphatic hydroxyl groups is 1. The maximum absolute atomic E-state index is 8.92. The van der Waals surface area contributed by atoms with Crippen LogP contribution in [0.5, 0.6) is 0 Å². The van der Waals surface area contributed by atoms with Crippen LogP contribution in [0.1, 0.15) is 19.5 Å². The molecule has 0 aromatic carbocycles. The first kappa shape index (κ1) is 13.0. The number of methoxy groups -OCH3 is 1. The van der Waals surface area contributed by atoms with E-state index >= 15 is 0 Å². The Morgan fingerprint density at radius 2 is 2.31 bits per heavy atom. The third kappa shape index (κ3) is 3.83. The predicted octanol–water partition coefficient (Wildman–Crippen LogP) is 1.28. The van der Waals surface area contributed by atoms with E-state index in [1.54, 1.807) is 7.11 Å². The fraction of sp³-hybridized carbons (Fsp3) is 0.727. The van der Waals surface area contributed by atoms with Gasteiger partial charge in [0.25, 0.3) is 6.01 Å². The molecule has 16 heavy (non-hydrogen) atoms. The maximum atomic E-state index is 8.92. The molecule has 0 aliphatic heterocycles. The minimum absolute atomic E-state index is 0.0940. The predicted molar refractivity (Wildman–Crippen MR) is 61.4 cm³/mol. The molecular weight excluding hydrogens is 208 g/mol. The van der Waals surface area contributed by atoms with Crippen molar-refractivity contribution in [1.82, 2.24) is 4.98 Å². The van der Waals surface area contributed by atoms with Crippen LogP contribution in [0.2, 0.25) is 0 Å². The van der Waals surface area contributed by atoms with Crippen LogP contribution in [-0.4, -0.2) is 36.9 Å². The molecule has 0 aliphatic rings. The van der Waals surface area contributed by atoms with Crippen LogP contribution in [0.25, 0.3) is 0 Å². The molecule has 5 heteroatoms. The highest BCUT2D eigenvalue weighted by Crippen LogP contribution is 2.15. The molecule has 0 aliphatic carbocycles. The molecule has 1 N–H and O–H groups in total. The van der Waals surface area contributed by atoms with E-state index in [1.165, 1.54) is 6.26 Å². The van der Waals surface area contributed by atoms with Crippen molar-refractivity contribution in [1.29, 1.82) is 0 Å². The highest BCUT2D eigenvalue weighted by Gasteiger charge is 2.13. The SMILES string of the molecule is COCCN(CC(C)C)c1nc(CO)co1. The van der Waals surface area contributed by atoms with Gasteiger partial charge in [-0.15, -0.1) is 0 Å². The summed E-state index contributed by atoms with van der Waals surface area (Å²) in [5.74, 6) is 0.515. The Labute approximate surface area is 96.0 Å². The van der Waals surface area contributed by atoms with Gasteiger partial charge in [-0.25, -0.2) is 0 Å². The summed E-state index contributed by atoms with van der Waals surface area (Å²) in [6, 6.07) is 0.551. The molecule has 1 aromatic rings. The molecule has 0 radical (unpaired) electrons. The third-order valence-corrected chi connectivity index (χ3v) is 2.12. The van der Waals surface area contributed by atoms with Crippen LogP contribution in [-0.2, 0) is 11.3 Å². The highest BCUT2D eigenvalue weighted by molar-refractivity contribution is 5.26. The van der Waals surface area contributed by atoms with E-state index in [0.29, 0.717) is 24.2 Å². The summed E-state index contributed by atoms with van der Waals surface area (Å²) in [5, 5.41) is 8.92. The van der Waals surface area contributed by atoms with E-state index in [9.17, 15) is 0 Å². The van der Waals surface area contributed by atoms with Crippen LogP contribution < -0.4 is 4.90 Å². The molecule has 92 valence electrons. The molecular formula is C11H20N2O3. The molecule has 0 amide bonds. The second-order valence-electron chi connectivity index (χ2n) is 4.11. The van der Waals surface area contributed by atoms with E-state index in [-0.39, 0.29) is 6.61 Å². The van der Waals surface area contributed by atoms with Crippen molar-refractivity contribution in [2.45, 2.75) is 20.5 Å². The number of nitrogens with zero attached hydrogens (tertiary/aromatic N) is 2. The highest BCUT2D eigenvalue weighted by atomic mass is 16.5. The Bertz CT molecular complexity index is 299. The first-order valence-electron chi connectivity index (χ1n) is 5.46. The van der Waals surface area contributed by atoms with Gasteiger partial charge in [-0.05, 0) is 5.92 Å². The Kier molecular flexibility index (Phi) is 5.28. The average molecular weight is 228 g/mol. The largest absolute Gasteiger partial charge is 0.432 e. The average Bonchev–Trinajstić information content (AvgIpc) is 2.72. The van der Waals surface area contributed by atoms with Crippen molar-refractivity contribution in [2.24, 2.45) is 5.92 Å². The molecule has 0 saturated carbocycles. The lowest BCUT2D eigenvalue weighted by Gasteiger charge is -2.22. The first-order chi connectivity index (χ1) is 7.67. The van der Waals surface area contributed by atoms with Crippen molar-refractivity contribution < 1.29 is 14.3 Å². The Hall–Kier alpha value is -1.07. The topological polar surface area (TPSA) is 58.7 Å². The number of oxazole rings is 1. The van der Waals surface area contributed by atoms with E-state index < -0.39 is 0 Å². The number of hydrogen-bond acceptors (Lipinski definition) is 5. The second-order valence-corrected chi connectivity index (χ2v) is 4.11. The van der Waals surface area contributed by atoms with E-state index in [0.717, 1.165) is 13.1 Å². The minimum Gasteiger partial charge on any atom is -0.432 e. The summed E-state index contributed by atoms with van der Waals surface area (Å²) in [5.41, 5.74) is 0.557. The summed E-state index contributed by atoms with van der Waals surface area (Å²) < 4.78 is 10.4. The van der Waals surface area contributed by atoms with Gasteiger partial charge in [0.15, 0.2) is 0 Å². The zero-order chi connectivity index (χ0) is 12.0. The number of aromatic nitrogens is 1. The van der Waals surface area contributed by atoms with Crippen LogP contribution in [0, 0.1) is 5.92 Å². The summed E-state index contributed by atoms with van der Waals surface area (Å²) >= 11 is 0. The maximum Gasteiger partial charge on any atom is 0.297 e. The fourth-order valence-electron chi connectivity index (χ4n) is 1.42. The van der Waals surface area contributed by atoms with Crippen molar-refractivity contribution >= 4 is 6.01 Å². The van der Waals surface area contributed by atoms with E-state index in [2.05, 4.69) is 18.8 Å². The molecule has 0 fully saturated rings. The van der Waals surface area contributed by atoms with Crippen molar-refractivity contribution in [3.8, 4) is 0 Å². The van der Waals surface area contributed by atoms with Gasteiger partial charge in [-0.1, -0.05) is 13.8 Å². The van der Waals surface area contributed by atoms with Gasteiger partial charge < -0.3 is 19.2 Å². The molecule has 0 saturated heterocycles. The lowest BCUT2D eigenvalue weighted by atomic mass is 10.2. The molecule has 0 bridgehead atoms. The molecule has 0 spiro atoms. The Morgan fingerprint density at radius 3 is 2.81 bits per heavy atom. The standard InChI is InChI=1S/C11H20N2O3/c1-9(2)6-13(4-5-15-3)11-12-10(7-14)8-16-11/h8-9,14H,4-7H2,1-3H3. The van der Waals surface area contributed by atoms with Crippen LogP contribution >= 0.6 is 0 Å². The van der Waals surface area contributed by atoms with Gasteiger partial charge in [0.1, 0.15) is 12.0 Å². The van der Waals surface area contributed by atoms with Gasteiger partial charge in [-0.2, -0.15) is 4.98 Å². The van der Waals surface area contributed by atoms with Gasteiger partial charge in [0.2, 0.25) is 0 Å². The Balaban J connectivity index is 2.66. The van der Waals surface area contributed by atoms with Crippen LogP contribution in [0.3, 0.4) is 0 Å². The number of aliphatic hydroxyl groups excluding tert-OH is 1. The fourth-order valence-corrected chi connectivity index (χ4v) is 1.42. The zero-order valence-electron chi connectivity index (χ0n) is 10.1. The van der Waals surface area contributed by atoms with E-state index in [4.69, 9.17) is 14.3 Å². The molecule has 5 nitrogen and oxygen atoms in total. The quantitative estimate of drug-likeness (QED) is 0.761. The van der Waals surface area contributed by atoms with Crippen molar-refractivity contribution in [3.05, 3.63) is 12.0 Å². The molecule has 0 unspecified atom stereocenters. The van der Waals surface area contributed by atoms with Crippen LogP contribution in [0.15, 0.2) is 10.7 Å². The number of rotatable bonds is 7. The number of anilines is 1. The lowest BCUT2D eigenvalue weighted by Crippen LogP contribution is -2.31. The third-order valence-electron chi connectivity index (χ3n) is 2.12. The van der Waals surface area contributed by atoms with E-state index in [1.807, 2.05) is 4.90 Å². The molecule has 1 heterocycles. The summed E-state index contributed by atoms with van der Waals surface area (Å²) in [7, 11) is 1.67. The van der Waals surface area contributed by atoms with Crippen molar-refractivity contribution in [3.63, 3.8) is 0 Å². The van der Waals surface area contributed by atoms with Crippen molar-refractivity contribution in [2.75, 3.05) is 31.7 Å². The molecule has 1 aromatic heterocycles. The minimum atomic E-state index is -0.0940. The zero-order valence-corrected chi connectivity index (χ0v) is 10.1. The lowest BCUT2D eigenvalue weighted by molar-refractivity contribution is 0.203. The smallest absolute Gasteiger partial charge is 0.297 e. The number of ether oxygens (including phenoxy) is 1. The number of hydrogen-bond donors (Lipinski definition) is 1. The van der Waals surface area contributed by atoms with Gasteiger partial charge >= 0.3 is 0 Å². The van der Waals surface area contributed by atoms with Crippen LogP contribution in [0.4, 0.5) is 6.01 Å². The summed E-state index contributed by atoms with van der Waals surface area (Å²) in [6.45, 7) is 6.40. The normalized spacial score (nSPS) is 11.1. The summed E-state index contributed by atoms with van der Waals surface area (Å²) in [4.78, 5) is 6.21. The first-order valence-corrected chi connectivity index (χ1v) is 5.46. The van der Waals surface area contributed by atoms with Gasteiger partial charge in [0, 0.05) is 20.2 Å². The summed E-state index contributed by atoms with van der Waals surface area (Å²) in [6.07, 6.45) is 1.48.